The van der Waals surface area contributed by atoms with E-state index in [-0.39, 0.29) is 35.5 Å². The Bertz CT molecular complexity index is 1040. The zero-order valence-electron chi connectivity index (χ0n) is 21.9. The number of carbonyl (C=O) groups is 2. The van der Waals surface area contributed by atoms with Crippen LogP contribution in [0.15, 0.2) is 23.8 Å². The maximum atomic E-state index is 17.3. The van der Waals surface area contributed by atoms with Gasteiger partial charge in [0.25, 0.3) is 0 Å². The zero-order valence-corrected chi connectivity index (χ0v) is 21.9. The molecule has 36 heavy (non-hydrogen) atoms. The van der Waals surface area contributed by atoms with E-state index in [1.54, 1.807) is 12.0 Å². The van der Waals surface area contributed by atoms with Crippen molar-refractivity contribution in [1.82, 2.24) is 5.06 Å². The topological polar surface area (TPSA) is 87.1 Å². The third kappa shape index (κ3) is 3.20. The highest BCUT2D eigenvalue weighted by molar-refractivity contribution is 6.01. The summed E-state index contributed by atoms with van der Waals surface area (Å²) in [6, 6.07) is 0. The Morgan fingerprint density at radius 1 is 1.25 bits per heavy atom. The molecule has 4 aliphatic carbocycles. The molecule has 0 amide bonds. The van der Waals surface area contributed by atoms with Crippen LogP contribution in [-0.4, -0.2) is 70.1 Å². The second kappa shape index (κ2) is 8.01. The van der Waals surface area contributed by atoms with Gasteiger partial charge in [-0.25, -0.2) is 8.78 Å². The second-order valence-corrected chi connectivity index (χ2v) is 13.4. The molecule has 1 heterocycles. The van der Waals surface area contributed by atoms with Gasteiger partial charge >= 0.3 is 0 Å². The summed E-state index contributed by atoms with van der Waals surface area (Å²) < 4.78 is 33.0. The molecular formula is C28H39F2NO5. The van der Waals surface area contributed by atoms with Gasteiger partial charge in [-0.05, 0) is 61.7 Å². The largest absolute Gasteiger partial charge is 0.390 e. The molecule has 0 aromatic heterocycles. The molecule has 1 saturated heterocycles. The van der Waals surface area contributed by atoms with Crippen LogP contribution in [0.5, 0.6) is 0 Å². The molecule has 5 rings (SSSR count). The number of hydrogen-bond donors (Lipinski definition) is 2. The van der Waals surface area contributed by atoms with Gasteiger partial charge in [0.1, 0.15) is 12.8 Å². The van der Waals surface area contributed by atoms with E-state index in [1.165, 1.54) is 18.2 Å². The number of Topliss-reactive ketones (excluding diaryl/α,β-unsaturated/α-hetero) is 1. The van der Waals surface area contributed by atoms with Crippen molar-refractivity contribution in [3.63, 3.8) is 0 Å². The first-order valence-electron chi connectivity index (χ1n) is 13.2. The Hall–Kier alpha value is -1.48. The van der Waals surface area contributed by atoms with Gasteiger partial charge in [-0.2, -0.15) is 5.06 Å². The van der Waals surface area contributed by atoms with E-state index in [9.17, 15) is 19.8 Å². The number of aliphatic hydroxyl groups is 2. The highest BCUT2D eigenvalue weighted by atomic mass is 19.1. The van der Waals surface area contributed by atoms with Gasteiger partial charge in [0.05, 0.1) is 6.10 Å². The molecule has 9 atom stereocenters. The molecule has 3 saturated carbocycles. The number of hydrogen-bond acceptors (Lipinski definition) is 6. The molecule has 0 aromatic carbocycles. The maximum Gasteiger partial charge on any atom is 0.192 e. The van der Waals surface area contributed by atoms with E-state index < -0.39 is 58.6 Å². The van der Waals surface area contributed by atoms with Crippen LogP contribution in [-0.2, 0) is 14.4 Å². The third-order valence-corrected chi connectivity index (χ3v) is 10.3. The van der Waals surface area contributed by atoms with Crippen LogP contribution in [0.3, 0.4) is 0 Å². The van der Waals surface area contributed by atoms with Crippen LogP contribution in [0.25, 0.3) is 0 Å². The number of halogens is 2. The predicted octanol–water partition coefficient (Wildman–Crippen LogP) is 3.51. The van der Waals surface area contributed by atoms with Gasteiger partial charge in [-0.3, -0.25) is 14.4 Å². The Morgan fingerprint density at radius 3 is 2.58 bits per heavy atom. The number of fused-ring (bicyclic) bond motifs is 7. The summed E-state index contributed by atoms with van der Waals surface area (Å²) in [5, 5.41) is 23.3. The fraction of sp³-hybridized carbons (Fsp3) is 0.786. The van der Waals surface area contributed by atoms with Crippen LogP contribution >= 0.6 is 0 Å². The quantitative estimate of drug-likeness (QED) is 0.606. The molecule has 0 radical (unpaired) electrons. The molecule has 5 aliphatic rings. The minimum Gasteiger partial charge on any atom is -0.390 e. The van der Waals surface area contributed by atoms with Gasteiger partial charge in [-0.1, -0.05) is 33.8 Å². The van der Waals surface area contributed by atoms with Crippen LogP contribution in [0, 0.1) is 34.0 Å². The predicted molar refractivity (Wildman–Crippen MR) is 129 cm³/mol. The number of carbonyl (C=O) groups excluding carboxylic acids is 2. The highest BCUT2D eigenvalue weighted by Gasteiger charge is 2.79. The van der Waals surface area contributed by atoms with Crippen molar-refractivity contribution in [2.75, 3.05) is 19.7 Å². The van der Waals surface area contributed by atoms with E-state index in [2.05, 4.69) is 20.8 Å². The summed E-state index contributed by atoms with van der Waals surface area (Å²) in [6.07, 6.45) is 1.90. The molecule has 6 nitrogen and oxygen atoms in total. The molecule has 2 N–H and O–H groups in total. The van der Waals surface area contributed by atoms with Gasteiger partial charge in [-0.15, -0.1) is 0 Å². The third-order valence-electron chi connectivity index (χ3n) is 10.3. The van der Waals surface area contributed by atoms with Gasteiger partial charge in [0.15, 0.2) is 22.8 Å². The minimum absolute atomic E-state index is 0.0539. The molecule has 1 aliphatic heterocycles. The number of ketones is 2. The Morgan fingerprint density at radius 2 is 1.94 bits per heavy atom. The zero-order chi connectivity index (χ0) is 26.5. The van der Waals surface area contributed by atoms with Crippen molar-refractivity contribution >= 4 is 11.6 Å². The van der Waals surface area contributed by atoms with E-state index in [1.807, 2.05) is 6.92 Å². The van der Waals surface area contributed by atoms with E-state index in [0.29, 0.717) is 19.5 Å². The van der Waals surface area contributed by atoms with Crippen LogP contribution < -0.4 is 0 Å². The molecule has 200 valence electrons. The first-order chi connectivity index (χ1) is 16.6. The lowest BCUT2D eigenvalue weighted by Gasteiger charge is -2.63. The summed E-state index contributed by atoms with van der Waals surface area (Å²) in [5.41, 5.74) is -5.90. The lowest BCUT2D eigenvalue weighted by Crippen LogP contribution is -2.70. The number of nitrogens with zero attached hydrogens (tertiary/aromatic N) is 1. The lowest BCUT2D eigenvalue weighted by atomic mass is 9.44. The van der Waals surface area contributed by atoms with E-state index in [0.717, 1.165) is 6.42 Å². The fourth-order valence-electron chi connectivity index (χ4n) is 8.53. The number of alkyl halides is 2. The van der Waals surface area contributed by atoms with Gasteiger partial charge in [0.2, 0.25) is 0 Å². The first-order valence-corrected chi connectivity index (χ1v) is 13.2. The first kappa shape index (κ1) is 26.1. The minimum atomic E-state index is -2.20. The summed E-state index contributed by atoms with van der Waals surface area (Å²) in [4.78, 5) is 31.9. The summed E-state index contributed by atoms with van der Waals surface area (Å²) >= 11 is 0. The van der Waals surface area contributed by atoms with Crippen molar-refractivity contribution in [3.8, 4) is 0 Å². The number of aliphatic hydroxyl groups excluding tert-OH is 2. The van der Waals surface area contributed by atoms with Crippen molar-refractivity contribution in [3.05, 3.63) is 23.8 Å². The molecule has 0 spiro atoms. The molecule has 0 unspecified atom stereocenters. The average Bonchev–Trinajstić information content (AvgIpc) is 3.28. The van der Waals surface area contributed by atoms with Crippen molar-refractivity contribution in [2.24, 2.45) is 34.0 Å². The fourth-order valence-corrected chi connectivity index (χ4v) is 8.53. The number of rotatable bonds is 4. The Labute approximate surface area is 211 Å². The molecular weight excluding hydrogens is 468 g/mol. The van der Waals surface area contributed by atoms with Crippen LogP contribution in [0.1, 0.15) is 60.3 Å². The maximum absolute atomic E-state index is 17.3. The van der Waals surface area contributed by atoms with E-state index >= 15 is 8.78 Å². The van der Waals surface area contributed by atoms with Gasteiger partial charge < -0.3 is 10.2 Å². The molecule has 8 heteroatoms. The monoisotopic (exact) mass is 507 g/mol. The van der Waals surface area contributed by atoms with Crippen molar-refractivity contribution in [1.29, 1.82) is 0 Å². The summed E-state index contributed by atoms with van der Waals surface area (Å²) in [6.45, 7) is 10.2. The second-order valence-electron chi connectivity index (χ2n) is 13.4. The Balaban J connectivity index is 1.55. The normalized spacial score (nSPS) is 48.2. The van der Waals surface area contributed by atoms with Crippen molar-refractivity contribution < 1.29 is 33.4 Å². The van der Waals surface area contributed by atoms with Crippen LogP contribution in [0.2, 0.25) is 0 Å². The average molecular weight is 508 g/mol. The number of allylic oxidation sites excluding steroid dienone is 4. The van der Waals surface area contributed by atoms with Crippen LogP contribution in [0.4, 0.5) is 8.78 Å². The number of hydroxylamine groups is 2. The Kier molecular flexibility index (Phi) is 5.82. The summed E-state index contributed by atoms with van der Waals surface area (Å²) in [7, 11) is 0. The lowest BCUT2D eigenvalue weighted by molar-refractivity contribution is -0.268. The SMILES string of the molecule is CC(C)(C)CCN1C[C@@H]2C[C@H]3[C@@H]4C[C@H](F)C5=CC(=O)C=C[C@]5(C)[C@@]4(F)[C@@H](O)C[C@]3(C)[C@]2(C(=O)CO)O1. The van der Waals surface area contributed by atoms with Gasteiger partial charge in [0, 0.05) is 35.8 Å². The standard InChI is InChI=1S/C28H39F2NO5/c1-24(2,3)8-9-31-14-16-10-18-19-12-21(29)20-11-17(33)6-7-25(20,4)27(19,30)22(34)13-26(18,5)28(16,36-31)23(35)15-32/h6-7,11,16,18-19,21-22,32,34H,8-10,12-15H2,1-5H3/t16-,18-,19-,21-,22-,25-,26-,27-,28-/m0/s1. The molecule has 0 bridgehead atoms. The highest BCUT2D eigenvalue weighted by Crippen LogP contribution is 2.72. The smallest absolute Gasteiger partial charge is 0.192 e. The molecule has 0 aromatic rings. The van der Waals surface area contributed by atoms with Crippen molar-refractivity contribution in [2.45, 2.75) is 83.8 Å². The van der Waals surface area contributed by atoms with E-state index in [4.69, 9.17) is 4.84 Å². The summed E-state index contributed by atoms with van der Waals surface area (Å²) in [5.74, 6) is -2.44. The molecule has 4 fully saturated rings.